The number of nitrogens with zero attached hydrogens (tertiary/aromatic N) is 1. The Labute approximate surface area is 216 Å². The number of methoxy groups -OCH3 is 2. The monoisotopic (exact) mass is 501 g/mol. The third-order valence-electron chi connectivity index (χ3n) is 6.49. The van der Waals surface area contributed by atoms with Crippen LogP contribution in [-0.2, 0) is 20.9 Å². The van der Waals surface area contributed by atoms with Crippen LogP contribution in [0.15, 0.2) is 72.3 Å². The Morgan fingerprint density at radius 3 is 2.22 bits per heavy atom. The number of rotatable bonds is 9. The van der Waals surface area contributed by atoms with Gasteiger partial charge in [0.2, 0.25) is 0 Å². The molecule has 0 aliphatic carbocycles. The Morgan fingerprint density at radius 2 is 1.59 bits per heavy atom. The number of aliphatic hydroxyl groups is 1. The van der Waals surface area contributed by atoms with Gasteiger partial charge in [0.25, 0.3) is 11.7 Å². The fourth-order valence-corrected chi connectivity index (χ4v) is 4.42. The van der Waals surface area contributed by atoms with Gasteiger partial charge in [0.05, 0.1) is 25.3 Å². The highest BCUT2D eigenvalue weighted by Gasteiger charge is 2.46. The number of carbonyl (C=O) groups is 2. The highest BCUT2D eigenvalue weighted by molar-refractivity contribution is 6.46. The SMILES string of the molecule is COCCN1C(=O)C(=O)/C(=C(\O)c2ccc(OC)cc2C)C1c1ccc(OCc2ccc(C)cc2)cc1. The molecule has 1 N–H and O–H groups in total. The highest BCUT2D eigenvalue weighted by atomic mass is 16.5. The minimum absolute atomic E-state index is 0.0442. The fraction of sp³-hybridized carbons (Fsp3) is 0.267. The van der Waals surface area contributed by atoms with E-state index < -0.39 is 17.7 Å². The number of carbonyl (C=O) groups excluding carboxylic acids is 2. The molecule has 4 rings (SSSR count). The first-order chi connectivity index (χ1) is 17.8. The van der Waals surface area contributed by atoms with E-state index in [2.05, 4.69) is 0 Å². The standard InChI is InChI=1S/C30H31NO6/c1-19-5-7-21(8-6-19)18-37-23-11-9-22(10-12-23)27-26(29(33)30(34)31(27)15-16-35-3)28(32)25-14-13-24(36-4)17-20(25)2/h5-14,17,27,32H,15-16,18H2,1-4H3/b28-26-. The van der Waals surface area contributed by atoms with Crippen molar-refractivity contribution in [3.63, 3.8) is 0 Å². The van der Waals surface area contributed by atoms with Crippen LogP contribution in [0.1, 0.15) is 33.9 Å². The molecule has 192 valence electrons. The van der Waals surface area contributed by atoms with Gasteiger partial charge in [-0.3, -0.25) is 9.59 Å². The number of amides is 1. The van der Waals surface area contributed by atoms with Crippen LogP contribution in [0.3, 0.4) is 0 Å². The van der Waals surface area contributed by atoms with Crippen molar-refractivity contribution in [3.05, 3.63) is 100 Å². The van der Waals surface area contributed by atoms with Gasteiger partial charge in [-0.2, -0.15) is 0 Å². The lowest BCUT2D eigenvalue weighted by Gasteiger charge is -2.25. The van der Waals surface area contributed by atoms with E-state index in [1.165, 1.54) is 17.6 Å². The fourth-order valence-electron chi connectivity index (χ4n) is 4.42. The van der Waals surface area contributed by atoms with Gasteiger partial charge < -0.3 is 24.2 Å². The predicted molar refractivity (Wildman–Crippen MR) is 141 cm³/mol. The van der Waals surface area contributed by atoms with Crippen LogP contribution in [0.2, 0.25) is 0 Å². The van der Waals surface area contributed by atoms with Crippen LogP contribution in [0, 0.1) is 13.8 Å². The van der Waals surface area contributed by atoms with E-state index in [1.54, 1.807) is 37.4 Å². The van der Waals surface area contributed by atoms with Gasteiger partial charge in [-0.25, -0.2) is 0 Å². The Morgan fingerprint density at radius 1 is 0.919 bits per heavy atom. The summed E-state index contributed by atoms with van der Waals surface area (Å²) in [6.07, 6.45) is 0. The average Bonchev–Trinajstić information content (AvgIpc) is 3.16. The summed E-state index contributed by atoms with van der Waals surface area (Å²) in [5, 5.41) is 11.3. The molecule has 7 heteroatoms. The average molecular weight is 502 g/mol. The van der Waals surface area contributed by atoms with Gasteiger partial charge in [0.15, 0.2) is 0 Å². The molecule has 3 aromatic rings. The Kier molecular flexibility index (Phi) is 7.94. The van der Waals surface area contributed by atoms with Gasteiger partial charge in [-0.1, -0.05) is 42.0 Å². The molecule has 7 nitrogen and oxygen atoms in total. The largest absolute Gasteiger partial charge is 0.507 e. The molecule has 1 amide bonds. The summed E-state index contributed by atoms with van der Waals surface area (Å²) in [5.41, 5.74) is 4.15. The van der Waals surface area contributed by atoms with Crippen LogP contribution in [0.5, 0.6) is 11.5 Å². The number of ketones is 1. The zero-order valence-electron chi connectivity index (χ0n) is 21.5. The van der Waals surface area contributed by atoms with E-state index in [4.69, 9.17) is 14.2 Å². The lowest BCUT2D eigenvalue weighted by Crippen LogP contribution is -2.32. The van der Waals surface area contributed by atoms with Gasteiger partial charge >= 0.3 is 0 Å². The molecular weight excluding hydrogens is 470 g/mol. The minimum atomic E-state index is -0.761. The van der Waals surface area contributed by atoms with Gasteiger partial charge in [0.1, 0.15) is 23.9 Å². The molecule has 1 heterocycles. The molecule has 1 unspecified atom stereocenters. The van der Waals surface area contributed by atoms with Crippen molar-refractivity contribution in [3.8, 4) is 11.5 Å². The Bertz CT molecular complexity index is 1310. The number of hydrogen-bond donors (Lipinski definition) is 1. The summed E-state index contributed by atoms with van der Waals surface area (Å²) < 4.78 is 16.4. The van der Waals surface area contributed by atoms with Crippen LogP contribution in [0.4, 0.5) is 0 Å². The maximum Gasteiger partial charge on any atom is 0.295 e. The van der Waals surface area contributed by atoms with E-state index in [0.29, 0.717) is 29.2 Å². The van der Waals surface area contributed by atoms with E-state index in [0.717, 1.165) is 11.1 Å². The third-order valence-corrected chi connectivity index (χ3v) is 6.49. The number of benzene rings is 3. The summed E-state index contributed by atoms with van der Waals surface area (Å²) >= 11 is 0. The lowest BCUT2D eigenvalue weighted by molar-refractivity contribution is -0.140. The van der Waals surface area contributed by atoms with Crippen molar-refractivity contribution in [2.24, 2.45) is 0 Å². The zero-order valence-corrected chi connectivity index (χ0v) is 21.5. The molecule has 1 aliphatic heterocycles. The lowest BCUT2D eigenvalue weighted by atomic mass is 9.94. The summed E-state index contributed by atoms with van der Waals surface area (Å²) in [5.74, 6) is -0.331. The molecule has 0 saturated carbocycles. The second kappa shape index (κ2) is 11.3. The van der Waals surface area contributed by atoms with Crippen LogP contribution < -0.4 is 9.47 Å². The van der Waals surface area contributed by atoms with Gasteiger partial charge in [-0.15, -0.1) is 0 Å². The third kappa shape index (κ3) is 5.52. The normalized spacial score (nSPS) is 16.8. The summed E-state index contributed by atoms with van der Waals surface area (Å²) in [6.45, 7) is 4.73. The maximum atomic E-state index is 13.2. The molecule has 1 aliphatic rings. The van der Waals surface area contributed by atoms with Gasteiger partial charge in [-0.05, 0) is 60.9 Å². The number of hydrogen-bond acceptors (Lipinski definition) is 6. The van der Waals surface area contributed by atoms with E-state index in [1.807, 2.05) is 50.2 Å². The second-order valence-electron chi connectivity index (χ2n) is 9.01. The van der Waals surface area contributed by atoms with Crippen molar-refractivity contribution >= 4 is 17.4 Å². The molecule has 0 bridgehead atoms. The van der Waals surface area contributed by atoms with E-state index in [-0.39, 0.29) is 24.5 Å². The molecule has 37 heavy (non-hydrogen) atoms. The zero-order chi connectivity index (χ0) is 26.5. The molecule has 0 radical (unpaired) electrons. The van der Waals surface area contributed by atoms with Crippen molar-refractivity contribution in [1.82, 2.24) is 4.90 Å². The first-order valence-electron chi connectivity index (χ1n) is 12.0. The molecule has 1 fully saturated rings. The number of Topliss-reactive ketones (excluding diaryl/α,β-unsaturated/α-hetero) is 1. The first-order valence-corrected chi connectivity index (χ1v) is 12.0. The Hall–Kier alpha value is -4.10. The minimum Gasteiger partial charge on any atom is -0.507 e. The number of ether oxygens (including phenoxy) is 3. The van der Waals surface area contributed by atoms with Crippen molar-refractivity contribution < 1.29 is 28.9 Å². The van der Waals surface area contributed by atoms with E-state index >= 15 is 0 Å². The predicted octanol–water partition coefficient (Wildman–Crippen LogP) is 4.96. The number of aliphatic hydroxyl groups excluding tert-OH is 1. The number of likely N-dealkylation sites (tertiary alicyclic amines) is 1. The quantitative estimate of drug-likeness (QED) is 0.253. The Balaban J connectivity index is 1.68. The molecule has 0 spiro atoms. The van der Waals surface area contributed by atoms with Crippen molar-refractivity contribution in [2.75, 3.05) is 27.4 Å². The van der Waals surface area contributed by atoms with Crippen LogP contribution >= 0.6 is 0 Å². The van der Waals surface area contributed by atoms with Crippen LogP contribution in [0.25, 0.3) is 5.76 Å². The molecule has 1 saturated heterocycles. The van der Waals surface area contributed by atoms with Crippen LogP contribution in [-0.4, -0.2) is 49.1 Å². The molecule has 1 atom stereocenters. The van der Waals surface area contributed by atoms with Crippen molar-refractivity contribution in [1.29, 1.82) is 0 Å². The topological polar surface area (TPSA) is 85.3 Å². The summed E-state index contributed by atoms with van der Waals surface area (Å²) in [7, 11) is 3.09. The van der Waals surface area contributed by atoms with Gasteiger partial charge in [0, 0.05) is 19.2 Å². The van der Waals surface area contributed by atoms with Crippen molar-refractivity contribution in [2.45, 2.75) is 26.5 Å². The summed E-state index contributed by atoms with van der Waals surface area (Å²) in [4.78, 5) is 27.6. The maximum absolute atomic E-state index is 13.2. The molecular formula is C30H31NO6. The number of aryl methyl sites for hydroxylation is 2. The molecule has 0 aromatic heterocycles. The first kappa shape index (κ1) is 26.0. The summed E-state index contributed by atoms with van der Waals surface area (Å²) in [6, 6.07) is 19.8. The smallest absolute Gasteiger partial charge is 0.295 e. The highest BCUT2D eigenvalue weighted by Crippen LogP contribution is 2.40. The second-order valence-corrected chi connectivity index (χ2v) is 9.01. The van der Waals surface area contributed by atoms with E-state index in [9.17, 15) is 14.7 Å². The molecule has 3 aromatic carbocycles.